The Kier molecular flexibility index (Phi) is 4.65. The van der Waals surface area contributed by atoms with Crippen molar-refractivity contribution in [1.82, 2.24) is 4.31 Å². The number of rotatable bonds is 5. The van der Waals surface area contributed by atoms with Crippen molar-refractivity contribution in [1.29, 1.82) is 0 Å². The van der Waals surface area contributed by atoms with Crippen LogP contribution in [-0.2, 0) is 16.6 Å². The Hall–Kier alpha value is -1.85. The lowest BCUT2D eigenvalue weighted by Crippen LogP contribution is -2.31. The number of nitrogen functional groups attached to an aromatic ring is 1. The van der Waals surface area contributed by atoms with Crippen molar-refractivity contribution in [2.24, 2.45) is 0 Å². The summed E-state index contributed by atoms with van der Waals surface area (Å²) in [5.41, 5.74) is 8.17. The molecule has 2 rings (SSSR count). The topological polar surface area (TPSA) is 63.4 Å². The van der Waals surface area contributed by atoms with Gasteiger partial charge in [-0.15, -0.1) is 0 Å². The molecule has 0 saturated carbocycles. The van der Waals surface area contributed by atoms with Gasteiger partial charge in [-0.25, -0.2) is 8.42 Å². The first-order valence-corrected chi connectivity index (χ1v) is 8.29. The van der Waals surface area contributed by atoms with Gasteiger partial charge in [-0.1, -0.05) is 48.9 Å². The first kappa shape index (κ1) is 15.5. The summed E-state index contributed by atoms with van der Waals surface area (Å²) >= 11 is 0. The molecule has 4 nitrogen and oxygen atoms in total. The highest BCUT2D eigenvalue weighted by Gasteiger charge is 2.25. The minimum absolute atomic E-state index is 0.166. The summed E-state index contributed by atoms with van der Waals surface area (Å²) in [6.45, 7) is 4.55. The first-order chi connectivity index (χ1) is 9.95. The molecule has 2 aromatic rings. The van der Waals surface area contributed by atoms with Gasteiger partial charge in [0.15, 0.2) is 0 Å². The predicted octanol–water partition coefficient (Wildman–Crippen LogP) is 2.79. The van der Waals surface area contributed by atoms with Crippen LogP contribution in [0.1, 0.15) is 18.1 Å². The lowest BCUT2D eigenvalue weighted by atomic mass is 10.1. The molecule has 0 radical (unpaired) electrons. The van der Waals surface area contributed by atoms with E-state index in [-0.39, 0.29) is 10.6 Å². The van der Waals surface area contributed by atoms with E-state index in [2.05, 4.69) is 0 Å². The first-order valence-electron chi connectivity index (χ1n) is 6.85. The van der Waals surface area contributed by atoms with Crippen LogP contribution in [0.3, 0.4) is 0 Å². The van der Waals surface area contributed by atoms with Crippen LogP contribution in [0.15, 0.2) is 53.4 Å². The molecule has 0 aliphatic carbocycles. The summed E-state index contributed by atoms with van der Waals surface area (Å²) in [6.07, 6.45) is 0. The molecule has 112 valence electrons. The number of hydrogen-bond acceptors (Lipinski definition) is 3. The smallest absolute Gasteiger partial charge is 0.245 e. The lowest BCUT2D eigenvalue weighted by molar-refractivity contribution is 0.423. The molecule has 0 aromatic heterocycles. The quantitative estimate of drug-likeness (QED) is 0.864. The molecule has 0 atom stereocenters. The Morgan fingerprint density at radius 2 is 1.81 bits per heavy atom. The molecule has 2 aromatic carbocycles. The lowest BCUT2D eigenvalue weighted by Gasteiger charge is -2.21. The van der Waals surface area contributed by atoms with Crippen molar-refractivity contribution in [2.45, 2.75) is 25.3 Å². The van der Waals surface area contributed by atoms with Gasteiger partial charge in [0, 0.05) is 13.1 Å². The molecule has 0 aliphatic rings. The fraction of sp³-hybridized carbons (Fsp3) is 0.250. The molecule has 0 bridgehead atoms. The highest BCUT2D eigenvalue weighted by atomic mass is 32.2. The molecular formula is C16H20N2O2S. The molecule has 0 heterocycles. The van der Waals surface area contributed by atoms with Gasteiger partial charge in [-0.3, -0.25) is 0 Å². The second-order valence-corrected chi connectivity index (χ2v) is 6.86. The Labute approximate surface area is 126 Å². The summed E-state index contributed by atoms with van der Waals surface area (Å²) in [4.78, 5) is 0.166. The third-order valence-electron chi connectivity index (χ3n) is 3.33. The second kappa shape index (κ2) is 6.28. The van der Waals surface area contributed by atoms with Gasteiger partial charge < -0.3 is 5.73 Å². The number of sulfonamides is 1. The monoisotopic (exact) mass is 304 g/mol. The van der Waals surface area contributed by atoms with E-state index >= 15 is 0 Å². The summed E-state index contributed by atoms with van der Waals surface area (Å²) in [7, 11) is -3.58. The van der Waals surface area contributed by atoms with Gasteiger partial charge in [-0.05, 0) is 24.6 Å². The van der Waals surface area contributed by atoms with Crippen LogP contribution in [0.4, 0.5) is 5.69 Å². The summed E-state index contributed by atoms with van der Waals surface area (Å²) in [6, 6.07) is 14.4. The maximum atomic E-state index is 12.7. The van der Waals surface area contributed by atoms with Gasteiger partial charge in [-0.2, -0.15) is 4.31 Å². The zero-order valence-electron chi connectivity index (χ0n) is 12.3. The summed E-state index contributed by atoms with van der Waals surface area (Å²) < 4.78 is 26.9. The minimum Gasteiger partial charge on any atom is -0.398 e. The minimum atomic E-state index is -3.58. The third-order valence-corrected chi connectivity index (χ3v) is 5.33. The number of aryl methyl sites for hydroxylation is 1. The van der Waals surface area contributed by atoms with Gasteiger partial charge in [0.2, 0.25) is 10.0 Å². The summed E-state index contributed by atoms with van der Waals surface area (Å²) in [5, 5.41) is 0. The zero-order chi connectivity index (χ0) is 15.5. The maximum Gasteiger partial charge on any atom is 0.245 e. The van der Waals surface area contributed by atoms with Crippen molar-refractivity contribution >= 4 is 15.7 Å². The van der Waals surface area contributed by atoms with Crippen molar-refractivity contribution < 1.29 is 8.42 Å². The Bertz CT molecular complexity index is 727. The number of hydrogen-bond donors (Lipinski definition) is 1. The Balaban J connectivity index is 2.35. The fourth-order valence-electron chi connectivity index (χ4n) is 2.24. The molecule has 0 aliphatic heterocycles. The Morgan fingerprint density at radius 3 is 2.43 bits per heavy atom. The molecule has 0 spiro atoms. The van der Waals surface area contributed by atoms with E-state index < -0.39 is 10.0 Å². The van der Waals surface area contributed by atoms with Crippen molar-refractivity contribution in [3.63, 3.8) is 0 Å². The number of para-hydroxylation sites is 1. The molecule has 0 saturated heterocycles. The molecule has 0 unspecified atom stereocenters. The number of nitrogens with zero attached hydrogens (tertiary/aromatic N) is 1. The van der Waals surface area contributed by atoms with E-state index in [0.717, 1.165) is 11.1 Å². The van der Waals surface area contributed by atoms with Crippen LogP contribution in [-0.4, -0.2) is 19.3 Å². The van der Waals surface area contributed by atoms with Crippen molar-refractivity contribution in [3.05, 3.63) is 59.7 Å². The van der Waals surface area contributed by atoms with Crippen LogP contribution >= 0.6 is 0 Å². The van der Waals surface area contributed by atoms with Crippen LogP contribution < -0.4 is 5.73 Å². The second-order valence-electron chi connectivity index (χ2n) is 4.96. The largest absolute Gasteiger partial charge is 0.398 e. The molecular weight excluding hydrogens is 284 g/mol. The summed E-state index contributed by atoms with van der Waals surface area (Å²) in [5.74, 6) is 0. The van der Waals surface area contributed by atoms with E-state index in [1.807, 2.05) is 38.1 Å². The highest BCUT2D eigenvalue weighted by molar-refractivity contribution is 7.89. The van der Waals surface area contributed by atoms with Crippen LogP contribution in [0, 0.1) is 6.92 Å². The van der Waals surface area contributed by atoms with E-state index in [9.17, 15) is 8.42 Å². The predicted molar refractivity (Wildman–Crippen MR) is 85.3 cm³/mol. The standard InChI is InChI=1S/C16H20N2O2S/c1-3-18(12-14-8-6-7-13(2)11-14)21(19,20)16-10-5-4-9-15(16)17/h4-11H,3,12,17H2,1-2H3. The van der Waals surface area contributed by atoms with Gasteiger partial charge in [0.25, 0.3) is 0 Å². The van der Waals surface area contributed by atoms with E-state index in [0.29, 0.717) is 13.1 Å². The fourth-order valence-corrected chi connectivity index (χ4v) is 3.79. The van der Waals surface area contributed by atoms with Crippen molar-refractivity contribution in [3.8, 4) is 0 Å². The molecule has 2 N–H and O–H groups in total. The number of anilines is 1. The maximum absolute atomic E-state index is 12.7. The van der Waals surface area contributed by atoms with Crippen molar-refractivity contribution in [2.75, 3.05) is 12.3 Å². The number of benzene rings is 2. The number of nitrogens with two attached hydrogens (primary N) is 1. The van der Waals surface area contributed by atoms with Gasteiger partial charge >= 0.3 is 0 Å². The van der Waals surface area contributed by atoms with E-state index in [1.54, 1.807) is 24.3 Å². The van der Waals surface area contributed by atoms with Gasteiger partial charge in [0.1, 0.15) is 4.90 Å². The van der Waals surface area contributed by atoms with Crippen LogP contribution in [0.5, 0.6) is 0 Å². The van der Waals surface area contributed by atoms with Crippen LogP contribution in [0.2, 0.25) is 0 Å². The normalized spacial score (nSPS) is 11.8. The molecule has 0 fully saturated rings. The van der Waals surface area contributed by atoms with E-state index in [4.69, 9.17) is 5.73 Å². The average Bonchev–Trinajstić information content (AvgIpc) is 2.45. The average molecular weight is 304 g/mol. The van der Waals surface area contributed by atoms with Gasteiger partial charge in [0.05, 0.1) is 5.69 Å². The third kappa shape index (κ3) is 3.43. The van der Waals surface area contributed by atoms with Crippen LogP contribution in [0.25, 0.3) is 0 Å². The molecule has 0 amide bonds. The SMILES string of the molecule is CCN(Cc1cccc(C)c1)S(=O)(=O)c1ccccc1N. The Morgan fingerprint density at radius 1 is 1.10 bits per heavy atom. The molecule has 21 heavy (non-hydrogen) atoms. The van der Waals surface area contributed by atoms with E-state index in [1.165, 1.54) is 4.31 Å². The highest BCUT2D eigenvalue weighted by Crippen LogP contribution is 2.23. The zero-order valence-corrected chi connectivity index (χ0v) is 13.1. The molecule has 5 heteroatoms.